The largest absolute Gasteiger partial charge is 0.357 e. The molecule has 0 atom stereocenters. The lowest BCUT2D eigenvalue weighted by Gasteiger charge is -2.34. The van der Waals surface area contributed by atoms with Crippen LogP contribution in [-0.4, -0.2) is 74.0 Å². The zero-order valence-electron chi connectivity index (χ0n) is 18.0. The van der Waals surface area contributed by atoms with Crippen molar-refractivity contribution in [2.24, 2.45) is 4.99 Å². The number of carbonyl (C=O) groups is 1. The molecule has 1 aromatic carbocycles. The molecule has 0 bridgehead atoms. The minimum absolute atomic E-state index is 0. The zero-order valence-corrected chi connectivity index (χ0v) is 20.3. The summed E-state index contributed by atoms with van der Waals surface area (Å²) in [6.45, 7) is 14.2. The highest BCUT2D eigenvalue weighted by molar-refractivity contribution is 14.0. The molecule has 0 aromatic heterocycles. The average Bonchev–Trinajstić information content (AvgIpc) is 2.66. The van der Waals surface area contributed by atoms with Crippen LogP contribution in [0.3, 0.4) is 0 Å². The normalized spacial score (nSPS) is 15.6. The van der Waals surface area contributed by atoms with Gasteiger partial charge in [0, 0.05) is 58.2 Å². The van der Waals surface area contributed by atoms with Gasteiger partial charge in [0.25, 0.3) is 0 Å². The first-order valence-electron chi connectivity index (χ1n) is 10.1. The summed E-state index contributed by atoms with van der Waals surface area (Å²) in [5.74, 6) is 0.707. The Bertz CT molecular complexity index is 675. The number of piperazine rings is 1. The number of hydrogen-bond acceptors (Lipinski definition) is 3. The predicted octanol–water partition coefficient (Wildman–Crippen LogP) is 2.44. The Kier molecular flexibility index (Phi) is 10.9. The van der Waals surface area contributed by atoms with Gasteiger partial charge in [-0.1, -0.05) is 26.0 Å². The van der Waals surface area contributed by atoms with E-state index >= 15 is 0 Å². The van der Waals surface area contributed by atoms with Crippen molar-refractivity contribution < 1.29 is 9.18 Å². The minimum Gasteiger partial charge on any atom is -0.357 e. The molecule has 0 aliphatic carbocycles. The molecule has 0 unspecified atom stereocenters. The lowest BCUT2D eigenvalue weighted by atomic mass is 9.85. The first-order valence-corrected chi connectivity index (χ1v) is 10.1. The molecule has 1 aliphatic heterocycles. The third kappa shape index (κ3) is 8.46. The molecule has 1 aromatic rings. The highest BCUT2D eigenvalue weighted by Crippen LogP contribution is 2.24. The van der Waals surface area contributed by atoms with Gasteiger partial charge in [0.05, 0.1) is 6.54 Å². The van der Waals surface area contributed by atoms with Crippen LogP contribution in [0.1, 0.15) is 33.3 Å². The van der Waals surface area contributed by atoms with Gasteiger partial charge in [-0.25, -0.2) is 4.39 Å². The lowest BCUT2D eigenvalue weighted by molar-refractivity contribution is -0.130. The Labute approximate surface area is 191 Å². The maximum absolute atomic E-state index is 13.5. The van der Waals surface area contributed by atoms with E-state index in [1.54, 1.807) is 19.1 Å². The Morgan fingerprint density at radius 2 is 1.90 bits per heavy atom. The number of benzene rings is 1. The molecular formula is C21H35FIN5O. The monoisotopic (exact) mass is 519 g/mol. The second-order valence-corrected chi connectivity index (χ2v) is 7.86. The van der Waals surface area contributed by atoms with Crippen LogP contribution in [0.15, 0.2) is 29.3 Å². The van der Waals surface area contributed by atoms with Crippen molar-refractivity contribution >= 4 is 35.8 Å². The van der Waals surface area contributed by atoms with E-state index in [2.05, 4.69) is 29.4 Å². The molecule has 0 saturated carbocycles. The maximum atomic E-state index is 13.5. The Hall–Kier alpha value is -1.42. The van der Waals surface area contributed by atoms with Crippen molar-refractivity contribution in [2.45, 2.75) is 33.1 Å². The van der Waals surface area contributed by atoms with Crippen molar-refractivity contribution in [1.29, 1.82) is 0 Å². The molecule has 1 fully saturated rings. The van der Waals surface area contributed by atoms with Gasteiger partial charge in [0.1, 0.15) is 5.82 Å². The number of guanidine groups is 1. The van der Waals surface area contributed by atoms with Crippen molar-refractivity contribution in [3.05, 3.63) is 35.6 Å². The van der Waals surface area contributed by atoms with Crippen molar-refractivity contribution in [3.63, 3.8) is 0 Å². The van der Waals surface area contributed by atoms with E-state index in [0.717, 1.165) is 57.3 Å². The fraction of sp³-hybridized carbons (Fsp3) is 0.619. The predicted molar refractivity (Wildman–Crippen MR) is 128 cm³/mol. The maximum Gasteiger partial charge on any atom is 0.219 e. The van der Waals surface area contributed by atoms with Crippen molar-refractivity contribution in [1.82, 2.24) is 20.4 Å². The highest BCUT2D eigenvalue weighted by atomic mass is 127. The van der Waals surface area contributed by atoms with E-state index in [9.17, 15) is 9.18 Å². The molecule has 164 valence electrons. The molecule has 1 amide bonds. The second-order valence-electron chi connectivity index (χ2n) is 7.86. The van der Waals surface area contributed by atoms with Crippen LogP contribution in [0, 0.1) is 5.82 Å². The summed E-state index contributed by atoms with van der Waals surface area (Å²) >= 11 is 0. The number of amides is 1. The summed E-state index contributed by atoms with van der Waals surface area (Å²) in [5, 5.41) is 6.65. The zero-order chi connectivity index (χ0) is 20.6. The molecular weight excluding hydrogens is 484 g/mol. The van der Waals surface area contributed by atoms with Gasteiger partial charge in [-0.15, -0.1) is 24.0 Å². The molecule has 8 heteroatoms. The third-order valence-corrected chi connectivity index (χ3v) is 5.12. The van der Waals surface area contributed by atoms with Gasteiger partial charge < -0.3 is 15.5 Å². The van der Waals surface area contributed by atoms with Gasteiger partial charge in [-0.3, -0.25) is 14.7 Å². The average molecular weight is 519 g/mol. The first-order chi connectivity index (χ1) is 13.3. The number of nitrogens with zero attached hydrogens (tertiary/aromatic N) is 3. The van der Waals surface area contributed by atoms with Gasteiger partial charge in [-0.2, -0.15) is 0 Å². The Morgan fingerprint density at radius 1 is 1.21 bits per heavy atom. The van der Waals surface area contributed by atoms with Gasteiger partial charge in [-0.05, 0) is 24.6 Å². The smallest absolute Gasteiger partial charge is 0.219 e. The molecule has 0 radical (unpaired) electrons. The van der Waals surface area contributed by atoms with E-state index < -0.39 is 0 Å². The highest BCUT2D eigenvalue weighted by Gasteiger charge is 2.21. The summed E-state index contributed by atoms with van der Waals surface area (Å²) in [5.41, 5.74) is 0.684. The summed E-state index contributed by atoms with van der Waals surface area (Å²) in [7, 11) is 0. The van der Waals surface area contributed by atoms with E-state index in [1.165, 1.54) is 6.07 Å². The number of aliphatic imine (C=N–C) groups is 1. The van der Waals surface area contributed by atoms with E-state index in [-0.39, 0.29) is 41.1 Å². The van der Waals surface area contributed by atoms with E-state index in [0.29, 0.717) is 6.54 Å². The van der Waals surface area contributed by atoms with Crippen molar-refractivity contribution in [2.75, 3.05) is 52.4 Å². The lowest BCUT2D eigenvalue weighted by Crippen LogP contribution is -2.50. The number of hydrogen-bond donors (Lipinski definition) is 2. The number of carbonyl (C=O) groups excluding carboxylic acids is 1. The van der Waals surface area contributed by atoms with Crippen LogP contribution < -0.4 is 10.6 Å². The third-order valence-electron chi connectivity index (χ3n) is 5.12. The number of rotatable bonds is 7. The quantitative estimate of drug-likeness (QED) is 0.330. The van der Waals surface area contributed by atoms with E-state index in [1.807, 2.05) is 17.9 Å². The van der Waals surface area contributed by atoms with E-state index in [4.69, 9.17) is 4.99 Å². The second kappa shape index (κ2) is 12.3. The molecule has 1 saturated heterocycles. The molecule has 0 spiro atoms. The molecule has 6 nitrogen and oxygen atoms in total. The SMILES string of the molecule is CCNC(=NCC(C)(C)c1cccc(F)c1)NCCN1CCN(C(C)=O)CC1.I. The van der Waals surface area contributed by atoms with Crippen LogP contribution in [0.2, 0.25) is 0 Å². The first kappa shape index (κ1) is 25.6. The molecule has 2 rings (SSSR count). The van der Waals surface area contributed by atoms with Crippen molar-refractivity contribution in [3.8, 4) is 0 Å². The van der Waals surface area contributed by atoms with Crippen LogP contribution in [0.4, 0.5) is 4.39 Å². The Morgan fingerprint density at radius 3 is 2.48 bits per heavy atom. The Balaban J connectivity index is 0.00000420. The standard InChI is InChI=1S/C21H34FN5O.HI/c1-5-23-20(24-9-10-26-11-13-27(14-12-26)17(2)28)25-16-21(3,4)18-7-6-8-19(22)15-18;/h6-8,15H,5,9-14,16H2,1-4H3,(H2,23,24,25);1H. The van der Waals surface area contributed by atoms with Crippen LogP contribution >= 0.6 is 24.0 Å². The molecule has 1 aliphatic rings. The fourth-order valence-corrected chi connectivity index (χ4v) is 3.24. The summed E-state index contributed by atoms with van der Waals surface area (Å²) < 4.78 is 13.5. The number of halogens is 2. The molecule has 2 N–H and O–H groups in total. The van der Waals surface area contributed by atoms with Crippen LogP contribution in [-0.2, 0) is 10.2 Å². The summed E-state index contributed by atoms with van der Waals surface area (Å²) in [6.07, 6.45) is 0. The fourth-order valence-electron chi connectivity index (χ4n) is 3.24. The topological polar surface area (TPSA) is 60.0 Å². The van der Waals surface area contributed by atoms with Gasteiger partial charge in [0.2, 0.25) is 5.91 Å². The summed E-state index contributed by atoms with van der Waals surface area (Å²) in [4.78, 5) is 20.4. The minimum atomic E-state index is -0.256. The molecule has 29 heavy (non-hydrogen) atoms. The molecule has 1 heterocycles. The van der Waals surface area contributed by atoms with Crippen LogP contribution in [0.25, 0.3) is 0 Å². The summed E-state index contributed by atoms with van der Waals surface area (Å²) in [6, 6.07) is 6.73. The van der Waals surface area contributed by atoms with Crippen LogP contribution in [0.5, 0.6) is 0 Å². The van der Waals surface area contributed by atoms with Gasteiger partial charge in [0.15, 0.2) is 5.96 Å². The number of nitrogens with one attached hydrogen (secondary N) is 2. The van der Waals surface area contributed by atoms with Gasteiger partial charge >= 0.3 is 0 Å².